The van der Waals surface area contributed by atoms with Crippen LogP contribution >= 0.6 is 0 Å². The average molecular weight is 341 g/mol. The second kappa shape index (κ2) is 6.79. The molecule has 3 aliphatic rings. The maximum Gasteiger partial charge on any atom is 0.251 e. The van der Waals surface area contributed by atoms with Crippen LogP contribution in [0.15, 0.2) is 24.3 Å². The summed E-state index contributed by atoms with van der Waals surface area (Å²) in [4.78, 5) is 24.7. The second-order valence-corrected chi connectivity index (χ2v) is 8.03. The van der Waals surface area contributed by atoms with Crippen molar-refractivity contribution in [3.63, 3.8) is 0 Å². The maximum absolute atomic E-state index is 12.8. The van der Waals surface area contributed by atoms with E-state index in [1.165, 1.54) is 6.42 Å². The van der Waals surface area contributed by atoms with Crippen LogP contribution in [0.2, 0.25) is 0 Å². The van der Waals surface area contributed by atoms with E-state index < -0.39 is 0 Å². The van der Waals surface area contributed by atoms with Crippen molar-refractivity contribution in [3.05, 3.63) is 29.8 Å². The number of rotatable bonds is 4. The van der Waals surface area contributed by atoms with Crippen LogP contribution in [0.25, 0.3) is 0 Å². The molecule has 2 bridgehead atoms. The topological polar surface area (TPSA) is 84.2 Å². The van der Waals surface area contributed by atoms with Gasteiger partial charge in [-0.2, -0.15) is 0 Å². The molecular weight excluding hydrogens is 314 g/mol. The van der Waals surface area contributed by atoms with Crippen molar-refractivity contribution in [3.8, 4) is 0 Å². The molecule has 25 heavy (non-hydrogen) atoms. The van der Waals surface area contributed by atoms with Crippen molar-refractivity contribution in [2.75, 3.05) is 5.32 Å². The van der Waals surface area contributed by atoms with Gasteiger partial charge in [0.15, 0.2) is 0 Å². The van der Waals surface area contributed by atoms with E-state index in [-0.39, 0.29) is 29.8 Å². The highest BCUT2D eigenvalue weighted by Gasteiger charge is 2.40. The largest absolute Gasteiger partial charge is 0.349 e. The van der Waals surface area contributed by atoms with Crippen LogP contribution in [-0.2, 0) is 4.79 Å². The lowest BCUT2D eigenvalue weighted by atomic mass is 9.67. The summed E-state index contributed by atoms with van der Waals surface area (Å²) in [5, 5.41) is 6.18. The van der Waals surface area contributed by atoms with Crippen LogP contribution in [0, 0.1) is 17.8 Å². The summed E-state index contributed by atoms with van der Waals surface area (Å²) < 4.78 is 0. The van der Waals surface area contributed by atoms with Gasteiger partial charge in [-0.15, -0.1) is 0 Å². The molecule has 2 unspecified atom stereocenters. The SMILES string of the molecule is NC1CC2CCCC(C1)C2NC(=O)c1cccc(NC(=O)C2CC2)c1. The predicted octanol–water partition coefficient (Wildman–Crippen LogP) is 2.67. The fourth-order valence-corrected chi connectivity index (χ4v) is 4.59. The molecule has 0 heterocycles. The third kappa shape index (κ3) is 3.71. The highest BCUT2D eigenvalue weighted by molar-refractivity contribution is 5.98. The normalized spacial score (nSPS) is 31.2. The molecule has 4 N–H and O–H groups in total. The first-order chi connectivity index (χ1) is 12.1. The molecule has 1 aromatic carbocycles. The zero-order valence-corrected chi connectivity index (χ0v) is 14.5. The quantitative estimate of drug-likeness (QED) is 0.787. The fourth-order valence-electron chi connectivity index (χ4n) is 4.59. The monoisotopic (exact) mass is 341 g/mol. The molecule has 134 valence electrons. The molecule has 0 aromatic heterocycles. The minimum Gasteiger partial charge on any atom is -0.349 e. The van der Waals surface area contributed by atoms with Gasteiger partial charge >= 0.3 is 0 Å². The number of hydrogen-bond donors (Lipinski definition) is 3. The Kier molecular flexibility index (Phi) is 4.50. The van der Waals surface area contributed by atoms with Crippen LogP contribution in [0.5, 0.6) is 0 Å². The molecule has 5 heteroatoms. The van der Waals surface area contributed by atoms with E-state index in [4.69, 9.17) is 5.73 Å². The van der Waals surface area contributed by atoms with Gasteiger partial charge in [-0.1, -0.05) is 12.5 Å². The zero-order valence-electron chi connectivity index (χ0n) is 14.5. The molecule has 4 rings (SSSR count). The standard InChI is InChI=1S/C20H27N3O2/c21-16-9-13-3-1-4-14(10-16)18(13)23-20(25)15-5-2-6-17(11-15)22-19(24)12-7-8-12/h2,5-6,11-14,16,18H,1,3-4,7-10,21H2,(H,22,24)(H,23,25). The maximum atomic E-state index is 12.8. The van der Waals surface area contributed by atoms with E-state index in [1.807, 2.05) is 18.2 Å². The van der Waals surface area contributed by atoms with Gasteiger partial charge in [0.05, 0.1) is 0 Å². The van der Waals surface area contributed by atoms with Crippen LogP contribution in [0.1, 0.15) is 55.3 Å². The lowest BCUT2D eigenvalue weighted by molar-refractivity contribution is -0.117. The summed E-state index contributed by atoms with van der Waals surface area (Å²) >= 11 is 0. The Hall–Kier alpha value is -1.88. The molecule has 3 saturated carbocycles. The van der Waals surface area contributed by atoms with Crippen molar-refractivity contribution < 1.29 is 9.59 Å². The number of benzene rings is 1. The lowest BCUT2D eigenvalue weighted by Crippen LogP contribution is -2.53. The highest BCUT2D eigenvalue weighted by Crippen LogP contribution is 2.39. The van der Waals surface area contributed by atoms with Gasteiger partial charge < -0.3 is 16.4 Å². The number of nitrogens with one attached hydrogen (secondary N) is 2. The van der Waals surface area contributed by atoms with Gasteiger partial charge in [-0.25, -0.2) is 0 Å². The smallest absolute Gasteiger partial charge is 0.251 e. The summed E-state index contributed by atoms with van der Waals surface area (Å²) in [6.45, 7) is 0. The molecule has 3 fully saturated rings. The van der Waals surface area contributed by atoms with E-state index >= 15 is 0 Å². The number of hydrogen-bond acceptors (Lipinski definition) is 3. The van der Waals surface area contributed by atoms with E-state index in [2.05, 4.69) is 10.6 Å². The Morgan fingerprint density at radius 1 is 1.04 bits per heavy atom. The number of fused-ring (bicyclic) bond motifs is 2. The van der Waals surface area contributed by atoms with Gasteiger partial charge in [0.25, 0.3) is 5.91 Å². The number of anilines is 1. The molecule has 0 radical (unpaired) electrons. The molecule has 2 amide bonds. The van der Waals surface area contributed by atoms with Gasteiger partial charge in [0, 0.05) is 29.3 Å². The molecule has 1 aromatic rings. The third-order valence-corrected chi connectivity index (χ3v) is 6.01. The van der Waals surface area contributed by atoms with Crippen molar-refractivity contribution in [2.45, 2.75) is 57.0 Å². The van der Waals surface area contributed by atoms with Crippen molar-refractivity contribution in [1.82, 2.24) is 5.32 Å². The highest BCUT2D eigenvalue weighted by atomic mass is 16.2. The molecule has 0 saturated heterocycles. The minimum atomic E-state index is -0.0418. The summed E-state index contributed by atoms with van der Waals surface area (Å²) in [6.07, 6.45) is 7.53. The fraction of sp³-hybridized carbons (Fsp3) is 0.600. The number of carbonyl (C=O) groups is 2. The van der Waals surface area contributed by atoms with Gasteiger partial charge in [-0.3, -0.25) is 9.59 Å². The number of nitrogens with two attached hydrogens (primary N) is 1. The molecular formula is C20H27N3O2. The van der Waals surface area contributed by atoms with Crippen molar-refractivity contribution >= 4 is 17.5 Å². The van der Waals surface area contributed by atoms with E-state index in [1.54, 1.807) is 6.07 Å². The lowest BCUT2D eigenvalue weighted by Gasteiger charge is -2.45. The van der Waals surface area contributed by atoms with E-state index in [9.17, 15) is 9.59 Å². The number of carbonyl (C=O) groups excluding carboxylic acids is 2. The molecule has 3 aliphatic carbocycles. The van der Waals surface area contributed by atoms with Gasteiger partial charge in [-0.05, 0) is 68.6 Å². The van der Waals surface area contributed by atoms with Crippen LogP contribution < -0.4 is 16.4 Å². The van der Waals surface area contributed by atoms with Gasteiger partial charge in [0.2, 0.25) is 5.91 Å². The first-order valence-corrected chi connectivity index (χ1v) is 9.57. The number of amides is 2. The summed E-state index contributed by atoms with van der Waals surface area (Å²) in [5.41, 5.74) is 7.49. The Balaban J connectivity index is 1.43. The Labute approximate surface area is 148 Å². The van der Waals surface area contributed by atoms with Gasteiger partial charge in [0.1, 0.15) is 0 Å². The van der Waals surface area contributed by atoms with Crippen molar-refractivity contribution in [1.29, 1.82) is 0 Å². The Morgan fingerprint density at radius 2 is 1.76 bits per heavy atom. The van der Waals surface area contributed by atoms with E-state index in [0.29, 0.717) is 23.1 Å². The molecule has 0 spiro atoms. The Morgan fingerprint density at radius 3 is 2.44 bits per heavy atom. The zero-order chi connectivity index (χ0) is 17.4. The van der Waals surface area contributed by atoms with Crippen LogP contribution in [0.4, 0.5) is 5.69 Å². The summed E-state index contributed by atoms with van der Waals surface area (Å²) in [5.74, 6) is 1.19. The molecule has 5 nitrogen and oxygen atoms in total. The second-order valence-electron chi connectivity index (χ2n) is 8.03. The first kappa shape index (κ1) is 16.6. The average Bonchev–Trinajstić information content (AvgIpc) is 3.41. The molecule has 2 atom stereocenters. The van der Waals surface area contributed by atoms with Crippen molar-refractivity contribution in [2.24, 2.45) is 23.5 Å². The molecule has 0 aliphatic heterocycles. The van der Waals surface area contributed by atoms with E-state index in [0.717, 1.165) is 38.5 Å². The van der Waals surface area contributed by atoms with Crippen LogP contribution in [0.3, 0.4) is 0 Å². The minimum absolute atomic E-state index is 0.0418. The third-order valence-electron chi connectivity index (χ3n) is 6.01. The summed E-state index contributed by atoms with van der Waals surface area (Å²) in [7, 11) is 0. The Bertz CT molecular complexity index is 657. The van der Waals surface area contributed by atoms with Crippen LogP contribution in [-0.4, -0.2) is 23.9 Å². The summed E-state index contributed by atoms with van der Waals surface area (Å²) in [6, 6.07) is 7.78. The first-order valence-electron chi connectivity index (χ1n) is 9.57. The predicted molar refractivity (Wildman–Crippen MR) is 97.1 cm³/mol.